The number of nitrogens with one attached hydrogen (secondary N) is 5. The van der Waals surface area contributed by atoms with Crippen LogP contribution in [0.2, 0.25) is 0 Å². The molecule has 2 aliphatic rings. The number of benzene rings is 1. The number of fused-ring (bicyclic) bond motifs is 2. The molecule has 2 aliphatic heterocycles. The fourth-order valence-electron chi connectivity index (χ4n) is 5.01. The predicted molar refractivity (Wildman–Crippen MR) is 159 cm³/mol. The van der Waals surface area contributed by atoms with Crippen molar-refractivity contribution in [3.8, 4) is 16.3 Å². The molecule has 2 amide bonds. The normalized spacial score (nSPS) is 14.7. The van der Waals surface area contributed by atoms with Gasteiger partial charge in [0.2, 0.25) is 0 Å². The number of ether oxygens (including phenoxy) is 1. The van der Waals surface area contributed by atoms with E-state index >= 15 is 0 Å². The van der Waals surface area contributed by atoms with Gasteiger partial charge in [0.25, 0.3) is 11.8 Å². The molecule has 0 unspecified atom stereocenters. The Kier molecular flexibility index (Phi) is 8.11. The molecule has 1 saturated heterocycles. The van der Waals surface area contributed by atoms with Crippen LogP contribution < -0.4 is 20.7 Å². The Labute approximate surface area is 249 Å². The van der Waals surface area contributed by atoms with Gasteiger partial charge in [-0.25, -0.2) is 14.8 Å². The summed E-state index contributed by atoms with van der Waals surface area (Å²) in [5.41, 5.74) is 4.09. The fourth-order valence-corrected chi connectivity index (χ4v) is 5.70. The molecule has 1 aromatic carbocycles. The quantitative estimate of drug-likeness (QED) is 0.170. The molecule has 6 N–H and O–H groups in total. The van der Waals surface area contributed by atoms with E-state index in [0.29, 0.717) is 17.4 Å². The first-order valence-electron chi connectivity index (χ1n) is 13.7. The Bertz CT molecular complexity index is 1770. The van der Waals surface area contributed by atoms with Gasteiger partial charge < -0.3 is 30.8 Å². The summed E-state index contributed by atoms with van der Waals surface area (Å²) in [6, 6.07) is 11.6. The second-order valence-corrected chi connectivity index (χ2v) is 11.0. The summed E-state index contributed by atoms with van der Waals surface area (Å²) in [5, 5.41) is 27.6. The number of hydrogen-bond acceptors (Lipinski definition) is 9. The Morgan fingerprint density at radius 2 is 2.00 bits per heavy atom. The average Bonchev–Trinajstić information content (AvgIpc) is 3.81. The standard InChI is InChI=1S/C17H13N5O5.C12H15N3S/c23-12-6-27-11-2-1-8(3-10(11)22-12)4-19-16(24)15-14-13(20-7-21-15)9(5-18-14)17(25)26;1-2-12(16-7-1)11-8-10(14-15-11)9-3-5-13-6-4-9/h1-3,5,7,18H,4,6H2,(H,19,24)(H,22,23)(H,25,26);1-2,7-9,13H,3-6H2,(H,14,15). The number of carbonyl (C=O) groups excluding carboxylic acids is 2. The number of thiophene rings is 1. The van der Waals surface area contributed by atoms with E-state index in [1.165, 1.54) is 29.6 Å². The molecule has 14 heteroatoms. The Morgan fingerprint density at radius 3 is 2.79 bits per heavy atom. The van der Waals surface area contributed by atoms with Crippen molar-refractivity contribution in [2.75, 3.05) is 25.0 Å². The zero-order valence-corrected chi connectivity index (χ0v) is 23.7. The van der Waals surface area contributed by atoms with Gasteiger partial charge in [-0.3, -0.25) is 14.7 Å². The molecule has 0 aliphatic carbocycles. The highest BCUT2D eigenvalue weighted by molar-refractivity contribution is 7.13. The van der Waals surface area contributed by atoms with Crippen molar-refractivity contribution < 1.29 is 24.2 Å². The minimum atomic E-state index is -1.15. The van der Waals surface area contributed by atoms with Crippen molar-refractivity contribution in [3.05, 3.63) is 76.8 Å². The number of H-pyrrole nitrogens is 2. The van der Waals surface area contributed by atoms with Gasteiger partial charge in [-0.05, 0) is 61.1 Å². The van der Waals surface area contributed by atoms with Crippen LogP contribution in [0.3, 0.4) is 0 Å². The van der Waals surface area contributed by atoms with Crippen LogP contribution in [0.4, 0.5) is 5.69 Å². The maximum atomic E-state index is 12.5. The molecule has 7 rings (SSSR count). The number of nitrogens with zero attached hydrogens (tertiary/aromatic N) is 3. The first-order chi connectivity index (χ1) is 21.0. The summed E-state index contributed by atoms with van der Waals surface area (Å²) in [7, 11) is 0. The number of aromatic carboxylic acids is 1. The highest BCUT2D eigenvalue weighted by Crippen LogP contribution is 2.30. The number of amides is 2. The zero-order chi connectivity index (χ0) is 29.8. The number of carbonyl (C=O) groups is 3. The summed E-state index contributed by atoms with van der Waals surface area (Å²) < 4.78 is 5.29. The van der Waals surface area contributed by atoms with Crippen LogP contribution in [-0.2, 0) is 11.3 Å². The molecule has 4 aromatic heterocycles. The SMILES string of the molecule is O=C1COc2ccc(CNC(=O)c3ncnc4c(C(=O)O)c[nH]c34)cc2N1.c1csc(-c2cc(C3CCNCC3)[nH]n2)c1. The smallest absolute Gasteiger partial charge is 0.339 e. The van der Waals surface area contributed by atoms with Gasteiger partial charge in [0.1, 0.15) is 28.9 Å². The van der Waals surface area contributed by atoms with E-state index in [2.05, 4.69) is 64.7 Å². The lowest BCUT2D eigenvalue weighted by Crippen LogP contribution is -2.26. The van der Waals surface area contributed by atoms with Crippen LogP contribution in [0.1, 0.15) is 50.9 Å². The molecular formula is C29H28N8O5S. The molecule has 220 valence electrons. The monoisotopic (exact) mass is 600 g/mol. The zero-order valence-electron chi connectivity index (χ0n) is 22.8. The Hall–Kier alpha value is -5.08. The van der Waals surface area contributed by atoms with Crippen molar-refractivity contribution in [3.63, 3.8) is 0 Å². The molecule has 0 spiro atoms. The van der Waals surface area contributed by atoms with Crippen LogP contribution in [0.5, 0.6) is 5.75 Å². The van der Waals surface area contributed by atoms with Crippen molar-refractivity contribution >= 4 is 45.8 Å². The highest BCUT2D eigenvalue weighted by Gasteiger charge is 2.20. The van der Waals surface area contributed by atoms with E-state index in [0.717, 1.165) is 30.7 Å². The third-order valence-corrected chi connectivity index (χ3v) is 8.08. The van der Waals surface area contributed by atoms with Crippen molar-refractivity contribution in [2.24, 2.45) is 0 Å². The van der Waals surface area contributed by atoms with Crippen LogP contribution in [0.25, 0.3) is 21.6 Å². The molecule has 6 heterocycles. The van der Waals surface area contributed by atoms with Gasteiger partial charge in [0, 0.05) is 24.4 Å². The summed E-state index contributed by atoms with van der Waals surface area (Å²) in [5.74, 6) is -0.658. The van der Waals surface area contributed by atoms with Gasteiger partial charge in [0.05, 0.1) is 16.1 Å². The second kappa shape index (κ2) is 12.4. The minimum Gasteiger partial charge on any atom is -0.482 e. The first kappa shape index (κ1) is 28.1. The van der Waals surface area contributed by atoms with E-state index in [4.69, 9.17) is 9.84 Å². The van der Waals surface area contributed by atoms with E-state index < -0.39 is 11.9 Å². The molecular weight excluding hydrogens is 572 g/mol. The summed E-state index contributed by atoms with van der Waals surface area (Å²) >= 11 is 1.74. The molecule has 0 saturated carbocycles. The lowest BCUT2D eigenvalue weighted by Gasteiger charge is -2.20. The van der Waals surface area contributed by atoms with Crippen molar-refractivity contribution in [2.45, 2.75) is 25.3 Å². The topological polar surface area (TPSA) is 187 Å². The van der Waals surface area contributed by atoms with Crippen LogP contribution in [-0.4, -0.2) is 67.7 Å². The fraction of sp³-hybridized carbons (Fsp3) is 0.241. The van der Waals surface area contributed by atoms with E-state index in [1.54, 1.807) is 29.5 Å². The van der Waals surface area contributed by atoms with E-state index in [-0.39, 0.29) is 41.3 Å². The van der Waals surface area contributed by atoms with Crippen LogP contribution in [0.15, 0.2) is 54.3 Å². The summed E-state index contributed by atoms with van der Waals surface area (Å²) in [6.45, 7) is 2.40. The van der Waals surface area contributed by atoms with E-state index in [1.807, 2.05) is 0 Å². The van der Waals surface area contributed by atoms with Crippen LogP contribution in [0, 0.1) is 0 Å². The number of carboxylic acid groups (broad SMARTS) is 1. The van der Waals surface area contributed by atoms with Gasteiger partial charge >= 0.3 is 5.97 Å². The number of anilines is 1. The number of aromatic amines is 2. The maximum absolute atomic E-state index is 12.5. The molecule has 1 fully saturated rings. The lowest BCUT2D eigenvalue weighted by molar-refractivity contribution is -0.118. The number of piperidine rings is 1. The lowest BCUT2D eigenvalue weighted by atomic mass is 9.94. The third-order valence-electron chi connectivity index (χ3n) is 7.19. The molecule has 13 nitrogen and oxygen atoms in total. The second-order valence-electron chi connectivity index (χ2n) is 10.0. The van der Waals surface area contributed by atoms with Gasteiger partial charge in [0.15, 0.2) is 12.3 Å². The summed E-state index contributed by atoms with van der Waals surface area (Å²) in [6.07, 6.45) is 4.84. The highest BCUT2D eigenvalue weighted by atomic mass is 32.1. The molecule has 0 atom stereocenters. The minimum absolute atomic E-state index is 0.0265. The molecule has 43 heavy (non-hydrogen) atoms. The molecule has 0 bridgehead atoms. The first-order valence-corrected chi connectivity index (χ1v) is 14.5. The van der Waals surface area contributed by atoms with Gasteiger partial charge in [-0.1, -0.05) is 12.1 Å². The van der Waals surface area contributed by atoms with Gasteiger partial charge in [-0.15, -0.1) is 11.3 Å². The number of carboxylic acids is 1. The number of rotatable bonds is 6. The molecule has 0 radical (unpaired) electrons. The molecule has 5 aromatic rings. The van der Waals surface area contributed by atoms with Crippen molar-refractivity contribution in [1.29, 1.82) is 0 Å². The van der Waals surface area contributed by atoms with Crippen LogP contribution >= 0.6 is 11.3 Å². The van der Waals surface area contributed by atoms with Crippen molar-refractivity contribution in [1.82, 2.24) is 35.8 Å². The Morgan fingerprint density at radius 1 is 1.14 bits per heavy atom. The predicted octanol–water partition coefficient (Wildman–Crippen LogP) is 3.52. The Balaban J connectivity index is 0.000000174. The average molecular weight is 601 g/mol. The number of hydrogen-bond donors (Lipinski definition) is 6. The van der Waals surface area contributed by atoms with E-state index in [9.17, 15) is 14.4 Å². The summed E-state index contributed by atoms with van der Waals surface area (Å²) in [4.78, 5) is 46.9. The maximum Gasteiger partial charge on any atom is 0.339 e. The largest absolute Gasteiger partial charge is 0.482 e. The number of aromatic nitrogens is 5. The third kappa shape index (κ3) is 6.24. The van der Waals surface area contributed by atoms with Gasteiger partial charge in [-0.2, -0.15) is 5.10 Å².